The maximum atomic E-state index is 12.9. The predicted molar refractivity (Wildman–Crippen MR) is 165 cm³/mol. The van der Waals surface area contributed by atoms with Crippen LogP contribution in [0.3, 0.4) is 0 Å². The molecule has 0 aliphatic heterocycles. The average Bonchev–Trinajstić information content (AvgIpc) is 3.56. The number of pyridine rings is 1. The van der Waals surface area contributed by atoms with Crippen molar-refractivity contribution in [1.29, 1.82) is 0 Å². The van der Waals surface area contributed by atoms with Gasteiger partial charge < -0.3 is 4.98 Å². The fraction of sp³-hybridized carbons (Fsp3) is 0.485. The predicted octanol–water partition coefficient (Wildman–Crippen LogP) is 8.96. The van der Waals surface area contributed by atoms with Crippen LogP contribution in [-0.2, 0) is 5.41 Å². The molecule has 0 radical (unpaired) electrons. The van der Waals surface area contributed by atoms with E-state index in [0.29, 0.717) is 28.3 Å². The third-order valence-electron chi connectivity index (χ3n) is 10.4. The number of fused-ring (bicyclic) bond motifs is 6. The van der Waals surface area contributed by atoms with Crippen LogP contribution >= 0.6 is 22.7 Å². The number of aromatic nitrogens is 3. The van der Waals surface area contributed by atoms with Crippen molar-refractivity contribution in [2.24, 2.45) is 23.2 Å². The van der Waals surface area contributed by atoms with E-state index in [0.717, 1.165) is 28.6 Å². The zero-order chi connectivity index (χ0) is 27.1. The smallest absolute Gasteiger partial charge is 0.268 e. The topological polar surface area (TPSA) is 58.6 Å². The Balaban J connectivity index is 1.42. The van der Waals surface area contributed by atoms with Crippen LogP contribution in [0.15, 0.2) is 51.7 Å². The van der Waals surface area contributed by atoms with Crippen LogP contribution in [0.5, 0.6) is 0 Å². The van der Waals surface area contributed by atoms with Gasteiger partial charge in [0.1, 0.15) is 15.4 Å². The summed E-state index contributed by atoms with van der Waals surface area (Å²) >= 11 is 3.25. The molecule has 3 aliphatic rings. The number of aromatic amines is 1. The number of nitrogens with zero attached hydrogens (tertiary/aromatic N) is 2. The fourth-order valence-corrected chi connectivity index (χ4v) is 10.1. The number of hydrogen-bond acceptors (Lipinski definition) is 5. The normalized spacial score (nSPS) is 28.9. The summed E-state index contributed by atoms with van der Waals surface area (Å²) in [6, 6.07) is 6.67. The molecule has 4 atom stereocenters. The van der Waals surface area contributed by atoms with E-state index in [4.69, 9.17) is 9.97 Å². The first-order chi connectivity index (χ1) is 18.7. The first-order valence-corrected chi connectivity index (χ1v) is 16.2. The Morgan fingerprint density at radius 2 is 2.03 bits per heavy atom. The third kappa shape index (κ3) is 3.77. The molecule has 0 spiro atoms. The Morgan fingerprint density at radius 3 is 2.79 bits per heavy atom. The number of rotatable bonds is 3. The second kappa shape index (κ2) is 8.97. The highest BCUT2D eigenvalue weighted by molar-refractivity contribution is 7.25. The van der Waals surface area contributed by atoms with Crippen molar-refractivity contribution in [3.63, 3.8) is 0 Å². The molecule has 4 heterocycles. The van der Waals surface area contributed by atoms with Crippen molar-refractivity contribution in [2.45, 2.75) is 78.6 Å². The zero-order valence-electron chi connectivity index (χ0n) is 23.6. The lowest BCUT2D eigenvalue weighted by Crippen LogP contribution is -2.52. The molecule has 4 aromatic heterocycles. The molecular weight excluding hydrogens is 519 g/mol. The van der Waals surface area contributed by atoms with Gasteiger partial charge in [-0.3, -0.25) is 4.79 Å². The number of thiophene rings is 2. The van der Waals surface area contributed by atoms with Gasteiger partial charge in [0.2, 0.25) is 0 Å². The van der Waals surface area contributed by atoms with Gasteiger partial charge in [0.15, 0.2) is 0 Å². The minimum Gasteiger partial charge on any atom is -0.310 e. The first kappa shape index (κ1) is 25.4. The van der Waals surface area contributed by atoms with Crippen LogP contribution < -0.4 is 5.56 Å². The molecule has 0 saturated heterocycles. The van der Waals surface area contributed by atoms with E-state index in [9.17, 15) is 4.79 Å². The number of H-pyrrole nitrogens is 1. The van der Waals surface area contributed by atoms with Gasteiger partial charge >= 0.3 is 0 Å². The molecule has 0 aromatic carbocycles. The largest absolute Gasteiger partial charge is 0.310 e. The molecule has 39 heavy (non-hydrogen) atoms. The lowest BCUT2D eigenvalue weighted by molar-refractivity contribution is -0.0104. The molecule has 6 heteroatoms. The highest BCUT2D eigenvalue weighted by Crippen LogP contribution is 2.62. The monoisotopic (exact) mass is 555 g/mol. The maximum Gasteiger partial charge on any atom is 0.268 e. The van der Waals surface area contributed by atoms with Crippen molar-refractivity contribution in [3.05, 3.63) is 68.7 Å². The van der Waals surface area contributed by atoms with Crippen LogP contribution in [0, 0.1) is 30.1 Å². The highest BCUT2D eigenvalue weighted by atomic mass is 32.1. The van der Waals surface area contributed by atoms with Gasteiger partial charge in [-0.15, -0.1) is 22.7 Å². The summed E-state index contributed by atoms with van der Waals surface area (Å²) in [4.78, 5) is 28.2. The molecule has 202 valence electrons. The molecule has 1 saturated carbocycles. The van der Waals surface area contributed by atoms with Crippen LogP contribution in [0.1, 0.15) is 77.7 Å². The van der Waals surface area contributed by atoms with Gasteiger partial charge in [-0.2, -0.15) is 0 Å². The Morgan fingerprint density at radius 1 is 1.18 bits per heavy atom. The van der Waals surface area contributed by atoms with Gasteiger partial charge in [0.05, 0.1) is 5.52 Å². The quantitative estimate of drug-likeness (QED) is 0.274. The minimum atomic E-state index is -0.0632. The fourth-order valence-electron chi connectivity index (χ4n) is 8.33. The lowest BCUT2D eigenvalue weighted by Gasteiger charge is -2.58. The highest BCUT2D eigenvalue weighted by Gasteiger charge is 2.55. The SMILES string of the molecule is Cc1nc2c(sc3nc([C@]4(C)CCC[C@@]5(C)[C@H]4CC=C4C=C(C(C)C)CC[C@@H]45)cc(-c4cccs4)c32)c(=O)[nH]1. The van der Waals surface area contributed by atoms with E-state index in [-0.39, 0.29) is 16.4 Å². The third-order valence-corrected chi connectivity index (χ3v) is 12.3. The minimum absolute atomic E-state index is 0.0246. The zero-order valence-corrected chi connectivity index (χ0v) is 25.2. The van der Waals surface area contributed by atoms with Crippen molar-refractivity contribution in [2.75, 3.05) is 0 Å². The second-order valence-corrected chi connectivity index (χ2v) is 14.8. The van der Waals surface area contributed by atoms with E-state index in [2.05, 4.69) is 68.4 Å². The summed E-state index contributed by atoms with van der Waals surface area (Å²) in [6.07, 6.45) is 12.4. The van der Waals surface area contributed by atoms with Gasteiger partial charge in [0.25, 0.3) is 5.56 Å². The van der Waals surface area contributed by atoms with Gasteiger partial charge in [-0.05, 0) is 85.3 Å². The van der Waals surface area contributed by atoms with Crippen molar-refractivity contribution in [1.82, 2.24) is 15.0 Å². The summed E-state index contributed by atoms with van der Waals surface area (Å²) in [7, 11) is 0. The van der Waals surface area contributed by atoms with Crippen molar-refractivity contribution in [3.8, 4) is 10.4 Å². The number of hydrogen-bond donors (Lipinski definition) is 1. The number of nitrogens with one attached hydrogen (secondary N) is 1. The maximum absolute atomic E-state index is 12.9. The summed E-state index contributed by atoms with van der Waals surface area (Å²) < 4.78 is 0.678. The Labute approximate surface area is 238 Å². The van der Waals surface area contributed by atoms with Crippen LogP contribution in [0.25, 0.3) is 30.9 Å². The molecule has 7 rings (SSSR count). The van der Waals surface area contributed by atoms with Gasteiger partial charge in [0, 0.05) is 26.9 Å². The second-order valence-electron chi connectivity index (χ2n) is 12.9. The first-order valence-electron chi connectivity index (χ1n) is 14.5. The van der Waals surface area contributed by atoms with E-state index in [1.54, 1.807) is 22.5 Å². The molecule has 3 aliphatic carbocycles. The van der Waals surface area contributed by atoms with E-state index >= 15 is 0 Å². The molecule has 1 fully saturated rings. The average molecular weight is 556 g/mol. The van der Waals surface area contributed by atoms with E-state index in [1.165, 1.54) is 53.2 Å². The number of allylic oxidation sites excluding steroid dienone is 4. The molecule has 4 nitrogen and oxygen atoms in total. The van der Waals surface area contributed by atoms with Gasteiger partial charge in [-0.1, -0.05) is 57.9 Å². The van der Waals surface area contributed by atoms with Gasteiger partial charge in [-0.25, -0.2) is 9.97 Å². The molecule has 1 N–H and O–H groups in total. The molecule has 0 bridgehead atoms. The Bertz CT molecular complexity index is 1720. The standard InChI is InChI=1S/C33H37N3OS2/c1-18(2)20-9-11-23-21(16-20)10-12-25-32(23,4)13-7-14-33(25,5)26-17-22(24-8-6-15-38-24)27-28-29(39-31(27)36-26)30(37)35-19(3)34-28/h6,8,10,15-18,23,25H,7,9,11-14H2,1-5H3,(H,34,35,37)/t23-,25+,32+,33+/m0/s1. The Kier molecular flexibility index (Phi) is 5.84. The number of aryl methyl sites for hydroxylation is 1. The summed E-state index contributed by atoms with van der Waals surface area (Å²) in [5, 5.41) is 3.16. The molecule has 0 unspecified atom stereocenters. The van der Waals surface area contributed by atoms with E-state index < -0.39 is 0 Å². The van der Waals surface area contributed by atoms with Crippen LogP contribution in [0.2, 0.25) is 0 Å². The summed E-state index contributed by atoms with van der Waals surface area (Å²) in [5.41, 5.74) is 6.56. The molecular formula is C33H37N3OS2. The Hall–Kier alpha value is -2.57. The molecule has 0 amide bonds. The van der Waals surface area contributed by atoms with Crippen LogP contribution in [0.4, 0.5) is 0 Å². The van der Waals surface area contributed by atoms with Crippen molar-refractivity contribution < 1.29 is 0 Å². The lowest BCUT2D eigenvalue weighted by atomic mass is 9.46. The molecule has 4 aromatic rings. The van der Waals surface area contributed by atoms with Crippen molar-refractivity contribution >= 4 is 43.1 Å². The summed E-state index contributed by atoms with van der Waals surface area (Å²) in [5.74, 6) is 2.46. The summed E-state index contributed by atoms with van der Waals surface area (Å²) in [6.45, 7) is 11.6. The van der Waals surface area contributed by atoms with Crippen LogP contribution in [-0.4, -0.2) is 15.0 Å². The van der Waals surface area contributed by atoms with E-state index in [1.807, 2.05) is 6.92 Å².